The van der Waals surface area contributed by atoms with E-state index in [1.165, 1.54) is 12.5 Å². The van der Waals surface area contributed by atoms with Gasteiger partial charge in [0.2, 0.25) is 0 Å². The molecule has 0 amide bonds. The van der Waals surface area contributed by atoms with Gasteiger partial charge in [-0.25, -0.2) is 0 Å². The molecule has 1 rings (SSSR count). The molecule has 4 heteroatoms. The Bertz CT molecular complexity index is 63.2. The molecule has 0 fully saturated rings. The molecule has 34 valence electrons. The molecule has 0 spiro atoms. The summed E-state index contributed by atoms with van der Waals surface area (Å²) < 4.78 is 8.74. The largest absolute Gasteiger partial charge is 0.459 e. The Balaban J connectivity index is 2.32. The van der Waals surface area contributed by atoms with E-state index in [4.69, 9.17) is 4.89 Å². The van der Waals surface area contributed by atoms with Gasteiger partial charge in [-0.3, -0.25) is 0 Å². The van der Waals surface area contributed by atoms with E-state index in [-0.39, 0.29) is 0 Å². The standard InChI is InChI=1S/C2H3O3P/c3-6-4-1-2-5-6/h1-3H. The lowest BCUT2D eigenvalue weighted by atomic mass is 11.1. The van der Waals surface area contributed by atoms with Gasteiger partial charge >= 0.3 is 8.60 Å². The van der Waals surface area contributed by atoms with Crippen molar-refractivity contribution in [1.29, 1.82) is 0 Å². The molecule has 1 N–H and O–H groups in total. The van der Waals surface area contributed by atoms with Gasteiger partial charge in [0.05, 0.1) is 0 Å². The van der Waals surface area contributed by atoms with E-state index in [0.29, 0.717) is 0 Å². The third-order valence-electron chi connectivity index (χ3n) is 0.358. The molecule has 1 aliphatic rings. The van der Waals surface area contributed by atoms with E-state index in [9.17, 15) is 0 Å². The minimum absolute atomic E-state index is 1.31. The number of rotatable bonds is 0. The average Bonchev–Trinajstić information content (AvgIpc) is 1.86. The molecule has 0 saturated carbocycles. The molecule has 0 aromatic rings. The van der Waals surface area contributed by atoms with Crippen LogP contribution < -0.4 is 0 Å². The van der Waals surface area contributed by atoms with Crippen molar-refractivity contribution in [2.45, 2.75) is 0 Å². The van der Waals surface area contributed by atoms with Crippen LogP contribution in [0.5, 0.6) is 0 Å². The predicted molar refractivity (Wildman–Crippen MR) is 20.4 cm³/mol. The second kappa shape index (κ2) is 1.45. The highest BCUT2D eigenvalue weighted by Gasteiger charge is 2.07. The van der Waals surface area contributed by atoms with Crippen LogP contribution in [0, 0.1) is 0 Å². The monoisotopic (exact) mass is 106 g/mol. The summed E-state index contributed by atoms with van der Waals surface area (Å²) in [5.74, 6) is 0. The second-order valence-electron chi connectivity index (χ2n) is 0.721. The third-order valence-corrected chi connectivity index (χ3v) is 0.962. The van der Waals surface area contributed by atoms with Crippen LogP contribution in [-0.4, -0.2) is 4.89 Å². The van der Waals surface area contributed by atoms with E-state index in [2.05, 4.69) is 9.05 Å². The first kappa shape index (κ1) is 3.90. The molecular weight excluding hydrogens is 103 g/mol. The minimum atomic E-state index is -1.58. The summed E-state index contributed by atoms with van der Waals surface area (Å²) in [6, 6.07) is 0. The van der Waals surface area contributed by atoms with Crippen LogP contribution in [0.25, 0.3) is 0 Å². The van der Waals surface area contributed by atoms with Crippen molar-refractivity contribution >= 4 is 8.60 Å². The van der Waals surface area contributed by atoms with Crippen molar-refractivity contribution in [2.24, 2.45) is 0 Å². The maximum absolute atomic E-state index is 8.29. The Kier molecular flexibility index (Phi) is 0.946. The van der Waals surface area contributed by atoms with Crippen LogP contribution >= 0.6 is 8.60 Å². The number of hydrogen-bond acceptors (Lipinski definition) is 3. The first-order valence-electron chi connectivity index (χ1n) is 1.37. The normalized spacial score (nSPS) is 20.2. The molecule has 0 unspecified atom stereocenters. The van der Waals surface area contributed by atoms with Crippen molar-refractivity contribution in [3.05, 3.63) is 12.5 Å². The maximum Gasteiger partial charge on any atom is 0.459 e. The maximum atomic E-state index is 8.29. The van der Waals surface area contributed by atoms with Crippen molar-refractivity contribution in [1.82, 2.24) is 0 Å². The van der Waals surface area contributed by atoms with Crippen molar-refractivity contribution in [3.8, 4) is 0 Å². The summed E-state index contributed by atoms with van der Waals surface area (Å²) in [6.45, 7) is 0. The van der Waals surface area contributed by atoms with E-state index >= 15 is 0 Å². The summed E-state index contributed by atoms with van der Waals surface area (Å²) >= 11 is 0. The van der Waals surface area contributed by atoms with Gasteiger partial charge in [0.25, 0.3) is 0 Å². The van der Waals surface area contributed by atoms with Gasteiger partial charge in [0, 0.05) is 0 Å². The van der Waals surface area contributed by atoms with E-state index < -0.39 is 8.60 Å². The van der Waals surface area contributed by atoms with Gasteiger partial charge in [-0.1, -0.05) is 0 Å². The lowest BCUT2D eigenvalue weighted by molar-refractivity contribution is 0.368. The summed E-state index contributed by atoms with van der Waals surface area (Å²) in [5, 5.41) is 0. The van der Waals surface area contributed by atoms with Crippen LogP contribution in [-0.2, 0) is 9.05 Å². The van der Waals surface area contributed by atoms with Crippen LogP contribution in [0.1, 0.15) is 0 Å². The molecule has 0 saturated heterocycles. The molecular formula is C2H3O3P. The molecule has 3 nitrogen and oxygen atoms in total. The topological polar surface area (TPSA) is 38.7 Å². The fourth-order valence-corrected chi connectivity index (χ4v) is 0.536. The first-order valence-corrected chi connectivity index (χ1v) is 2.50. The molecule has 0 aromatic carbocycles. The Morgan fingerprint density at radius 2 is 1.83 bits per heavy atom. The quantitative estimate of drug-likeness (QED) is 0.462. The highest BCUT2D eigenvalue weighted by molar-refractivity contribution is 7.41. The molecule has 1 aliphatic heterocycles. The molecule has 0 bridgehead atoms. The van der Waals surface area contributed by atoms with Gasteiger partial charge in [-0.2, -0.15) is 0 Å². The van der Waals surface area contributed by atoms with E-state index in [1.54, 1.807) is 0 Å². The minimum Gasteiger partial charge on any atom is -0.423 e. The van der Waals surface area contributed by atoms with Crippen molar-refractivity contribution < 1.29 is 13.9 Å². The van der Waals surface area contributed by atoms with Crippen molar-refractivity contribution in [3.63, 3.8) is 0 Å². The fraction of sp³-hybridized carbons (Fsp3) is 0. The van der Waals surface area contributed by atoms with Crippen LogP contribution in [0.3, 0.4) is 0 Å². The summed E-state index contributed by atoms with van der Waals surface area (Å²) in [6.07, 6.45) is 2.62. The van der Waals surface area contributed by atoms with Gasteiger partial charge < -0.3 is 13.9 Å². The molecule has 6 heavy (non-hydrogen) atoms. The summed E-state index contributed by atoms with van der Waals surface area (Å²) in [4.78, 5) is 8.29. The van der Waals surface area contributed by atoms with Crippen molar-refractivity contribution in [2.75, 3.05) is 0 Å². The van der Waals surface area contributed by atoms with Crippen LogP contribution in [0.4, 0.5) is 0 Å². The van der Waals surface area contributed by atoms with Crippen LogP contribution in [0.15, 0.2) is 12.5 Å². The fourth-order valence-electron chi connectivity index (χ4n) is 0.179. The molecule has 0 aliphatic carbocycles. The molecule has 0 aromatic heterocycles. The Morgan fingerprint density at radius 1 is 1.33 bits per heavy atom. The van der Waals surface area contributed by atoms with Gasteiger partial charge in [0.15, 0.2) is 0 Å². The molecule has 0 radical (unpaired) electrons. The summed E-state index contributed by atoms with van der Waals surface area (Å²) in [5.41, 5.74) is 0. The van der Waals surface area contributed by atoms with Crippen LogP contribution in [0.2, 0.25) is 0 Å². The lowest BCUT2D eigenvalue weighted by Crippen LogP contribution is -1.62. The Morgan fingerprint density at radius 3 is 2.00 bits per heavy atom. The van der Waals surface area contributed by atoms with Gasteiger partial charge in [0.1, 0.15) is 12.5 Å². The van der Waals surface area contributed by atoms with E-state index in [1.807, 2.05) is 0 Å². The third kappa shape index (κ3) is 0.614. The average molecular weight is 106 g/mol. The predicted octanol–water partition coefficient (Wildman–Crippen LogP) is 0.724. The zero-order valence-corrected chi connectivity index (χ0v) is 3.76. The second-order valence-corrected chi connectivity index (χ2v) is 1.62. The SMILES string of the molecule is OP1OC=CO1. The summed E-state index contributed by atoms with van der Waals surface area (Å²) in [7, 11) is -1.58. The highest BCUT2D eigenvalue weighted by atomic mass is 31.2. The first-order chi connectivity index (χ1) is 2.89. The smallest absolute Gasteiger partial charge is 0.423 e. The zero-order valence-electron chi connectivity index (χ0n) is 2.87. The van der Waals surface area contributed by atoms with E-state index in [0.717, 1.165) is 0 Å². The molecule has 1 heterocycles. The lowest BCUT2D eigenvalue weighted by Gasteiger charge is -1.92. The zero-order chi connectivity index (χ0) is 4.41. The Hall–Kier alpha value is -0.270. The van der Waals surface area contributed by atoms with Gasteiger partial charge in [-0.05, 0) is 0 Å². The Labute approximate surface area is 36.2 Å². The van der Waals surface area contributed by atoms with Gasteiger partial charge in [-0.15, -0.1) is 0 Å². The molecule has 0 atom stereocenters. The number of hydrogen-bond donors (Lipinski definition) is 1. The highest BCUT2D eigenvalue weighted by Crippen LogP contribution is 2.37.